The lowest BCUT2D eigenvalue weighted by Gasteiger charge is -2.47. The Morgan fingerprint density at radius 1 is 0.867 bits per heavy atom. The van der Waals surface area contributed by atoms with Crippen LogP contribution in [-0.4, -0.2) is 81.8 Å². The third kappa shape index (κ3) is 7.77. The van der Waals surface area contributed by atoms with Gasteiger partial charge in [0.2, 0.25) is 0 Å². The van der Waals surface area contributed by atoms with E-state index in [-0.39, 0.29) is 30.1 Å². The molecule has 0 aromatic heterocycles. The predicted octanol–water partition coefficient (Wildman–Crippen LogP) is 6.22. The number of aliphatic imine (C=N–C) groups is 1. The van der Waals surface area contributed by atoms with Gasteiger partial charge in [-0.1, -0.05) is 64.7 Å². The number of unbranched alkanes of at least 4 members (excludes halogenated alkanes) is 8. The summed E-state index contributed by atoms with van der Waals surface area (Å²) in [6.07, 6.45) is 25.1. The third-order valence-electron chi connectivity index (χ3n) is 12.1. The molecule has 254 valence electrons. The molecule has 8 nitrogen and oxygen atoms in total. The maximum atomic E-state index is 13.5. The summed E-state index contributed by atoms with van der Waals surface area (Å²) in [6, 6.07) is 3.99. The molecule has 0 saturated carbocycles. The standard InChI is InChI=1S/C37H64N6O2/c1-5-6-7-9-13-16-29-24-32-20-21-33-34(27(4)39-37(41-29)43(32)33)35(44)45-26(3)15-12-10-8-11-14-17-28-23-31-19-18-30-22-25(2)38-36(40-28)42(30)31/h25-34H,5-24H2,1-4H3,(H2,38,39,40,41)/p+1/t25-,26-,27-,28+,29-,30+,31-,32+,33+,34+/m1/s1. The number of ether oxygens (including phenoxy) is 1. The van der Waals surface area contributed by atoms with Crippen LogP contribution in [0.3, 0.4) is 0 Å². The highest BCUT2D eigenvalue weighted by Gasteiger charge is 2.51. The molecule has 0 aliphatic carbocycles. The molecule has 0 amide bonds. The number of carbonyl (C=O) groups excluding carboxylic acids is 1. The van der Waals surface area contributed by atoms with Crippen molar-refractivity contribution in [1.29, 1.82) is 0 Å². The minimum atomic E-state index is -0.144. The van der Waals surface area contributed by atoms with E-state index in [2.05, 4.69) is 53.1 Å². The van der Waals surface area contributed by atoms with Gasteiger partial charge in [-0.25, -0.2) is 4.99 Å². The average Bonchev–Trinajstić information content (AvgIpc) is 3.61. The van der Waals surface area contributed by atoms with E-state index in [0.29, 0.717) is 24.2 Å². The van der Waals surface area contributed by atoms with Gasteiger partial charge in [0.25, 0.3) is 0 Å². The van der Waals surface area contributed by atoms with E-state index in [1.54, 1.807) is 0 Å². The number of nitrogens with one attached hydrogen (secondary N) is 3. The monoisotopic (exact) mass is 626 g/mol. The van der Waals surface area contributed by atoms with E-state index in [9.17, 15) is 4.79 Å². The summed E-state index contributed by atoms with van der Waals surface area (Å²) >= 11 is 0. The highest BCUT2D eigenvalue weighted by Crippen LogP contribution is 2.40. The maximum absolute atomic E-state index is 13.5. The van der Waals surface area contributed by atoms with Crippen LogP contribution in [-0.2, 0) is 9.53 Å². The molecule has 0 radical (unpaired) electrons. The number of carbonyl (C=O) groups is 1. The van der Waals surface area contributed by atoms with Crippen molar-refractivity contribution in [2.45, 2.75) is 211 Å². The summed E-state index contributed by atoms with van der Waals surface area (Å²) in [7, 11) is 0. The fraction of sp³-hybridized carbons (Fsp3) is 0.919. The van der Waals surface area contributed by atoms with Crippen molar-refractivity contribution in [3.63, 3.8) is 0 Å². The van der Waals surface area contributed by atoms with Crippen molar-refractivity contribution >= 4 is 17.9 Å². The van der Waals surface area contributed by atoms with Gasteiger partial charge in [-0.05, 0) is 78.6 Å². The molecule has 3 saturated heterocycles. The van der Waals surface area contributed by atoms with Gasteiger partial charge in [0.1, 0.15) is 0 Å². The lowest BCUT2D eigenvalue weighted by Crippen LogP contribution is -2.63. The average molecular weight is 626 g/mol. The van der Waals surface area contributed by atoms with Gasteiger partial charge in [0.15, 0.2) is 5.96 Å². The first kappa shape index (κ1) is 32.9. The molecular formula is C37H65N6O2+. The lowest BCUT2D eigenvalue weighted by molar-refractivity contribution is -0.593. The number of rotatable bonds is 16. The largest absolute Gasteiger partial charge is 0.462 e. The zero-order valence-electron chi connectivity index (χ0n) is 29.1. The fourth-order valence-electron chi connectivity index (χ4n) is 9.85. The van der Waals surface area contributed by atoms with Gasteiger partial charge in [-0.3, -0.25) is 20.0 Å². The second kappa shape index (κ2) is 15.3. The van der Waals surface area contributed by atoms with Crippen LogP contribution in [0.5, 0.6) is 0 Å². The van der Waals surface area contributed by atoms with Crippen molar-refractivity contribution in [2.75, 3.05) is 0 Å². The first-order valence-electron chi connectivity index (χ1n) is 19.4. The molecule has 6 heterocycles. The number of nitrogens with zero attached hydrogens (tertiary/aromatic N) is 3. The van der Waals surface area contributed by atoms with Crippen LogP contribution in [0, 0.1) is 5.92 Å². The molecule has 0 aromatic carbocycles. The van der Waals surface area contributed by atoms with Crippen LogP contribution >= 0.6 is 0 Å². The fourth-order valence-corrected chi connectivity index (χ4v) is 9.85. The molecular weight excluding hydrogens is 560 g/mol. The maximum Gasteiger partial charge on any atom is 0.346 e. The quantitative estimate of drug-likeness (QED) is 0.107. The molecule has 3 fully saturated rings. The topological polar surface area (TPSA) is 81.0 Å². The third-order valence-corrected chi connectivity index (χ3v) is 12.1. The Bertz CT molecular complexity index is 1060. The zero-order chi connectivity index (χ0) is 31.3. The number of esters is 1. The van der Waals surface area contributed by atoms with Crippen LogP contribution < -0.4 is 16.0 Å². The number of guanidine groups is 2. The minimum Gasteiger partial charge on any atom is -0.462 e. The van der Waals surface area contributed by atoms with Crippen molar-refractivity contribution in [3.8, 4) is 0 Å². The van der Waals surface area contributed by atoms with Crippen molar-refractivity contribution < 1.29 is 14.1 Å². The van der Waals surface area contributed by atoms with E-state index in [1.807, 2.05) is 0 Å². The summed E-state index contributed by atoms with van der Waals surface area (Å²) in [4.78, 5) is 21.0. The van der Waals surface area contributed by atoms with Gasteiger partial charge in [0.05, 0.1) is 42.2 Å². The normalized spacial score (nSPS) is 35.5. The lowest BCUT2D eigenvalue weighted by atomic mass is 9.89. The Labute approximate surface area is 274 Å². The Hall–Kier alpha value is -1.99. The SMILES string of the molecule is CCCCCCC[C@@H]1C[C@@H]2CC[C@H]3[C@@H](C(=O)O[C@H](C)CCCCCCC[C@H]4C[C@H]5CC[C@H]6C[C@@H](C)NC(=[N+]56)N4)[C@@H](C)N=C(N1)N23. The Morgan fingerprint density at radius 2 is 1.56 bits per heavy atom. The summed E-state index contributed by atoms with van der Waals surface area (Å²) < 4.78 is 8.77. The minimum absolute atomic E-state index is 0.0177. The predicted molar refractivity (Wildman–Crippen MR) is 183 cm³/mol. The zero-order valence-corrected chi connectivity index (χ0v) is 29.1. The molecule has 3 N–H and O–H groups in total. The molecule has 10 atom stereocenters. The van der Waals surface area contributed by atoms with E-state index >= 15 is 0 Å². The van der Waals surface area contributed by atoms with Gasteiger partial charge in [-0.15, -0.1) is 0 Å². The van der Waals surface area contributed by atoms with E-state index < -0.39 is 0 Å². The van der Waals surface area contributed by atoms with Crippen LogP contribution in [0.2, 0.25) is 0 Å². The van der Waals surface area contributed by atoms with Gasteiger partial charge < -0.3 is 15.0 Å². The first-order chi connectivity index (χ1) is 21.9. The Kier molecular flexibility index (Phi) is 11.2. The highest BCUT2D eigenvalue weighted by molar-refractivity contribution is 5.86. The van der Waals surface area contributed by atoms with E-state index in [1.165, 1.54) is 115 Å². The summed E-state index contributed by atoms with van der Waals surface area (Å²) in [5.74, 6) is 2.22. The van der Waals surface area contributed by atoms with Crippen LogP contribution in [0.25, 0.3) is 0 Å². The van der Waals surface area contributed by atoms with Gasteiger partial charge in [-0.2, -0.15) is 0 Å². The summed E-state index contributed by atoms with van der Waals surface area (Å²) in [5.41, 5.74) is 0. The van der Waals surface area contributed by atoms with E-state index in [4.69, 9.17) is 9.73 Å². The molecule has 6 rings (SSSR count). The molecule has 0 spiro atoms. The number of hydrogen-bond acceptors (Lipinski definition) is 7. The molecule has 45 heavy (non-hydrogen) atoms. The Balaban J connectivity index is 0.868. The number of hydrogen-bond donors (Lipinski definition) is 3. The second-order valence-electron chi connectivity index (χ2n) is 15.8. The van der Waals surface area contributed by atoms with Crippen LogP contribution in [0.1, 0.15) is 156 Å². The molecule has 0 bridgehead atoms. The van der Waals surface area contributed by atoms with Gasteiger partial charge >= 0.3 is 11.9 Å². The van der Waals surface area contributed by atoms with Crippen molar-refractivity contribution in [2.24, 2.45) is 10.9 Å². The molecule has 0 aromatic rings. The second-order valence-corrected chi connectivity index (χ2v) is 15.8. The first-order valence-corrected chi connectivity index (χ1v) is 19.4. The highest BCUT2D eigenvalue weighted by atomic mass is 16.5. The van der Waals surface area contributed by atoms with Crippen LogP contribution in [0.4, 0.5) is 0 Å². The summed E-state index contributed by atoms with van der Waals surface area (Å²) in [5, 5.41) is 11.4. The molecule has 0 unspecified atom stereocenters. The smallest absolute Gasteiger partial charge is 0.346 e. The molecule has 6 aliphatic heterocycles. The summed E-state index contributed by atoms with van der Waals surface area (Å²) in [6.45, 7) is 8.82. The van der Waals surface area contributed by atoms with Crippen molar-refractivity contribution in [1.82, 2.24) is 20.9 Å². The Morgan fingerprint density at radius 3 is 2.33 bits per heavy atom. The van der Waals surface area contributed by atoms with E-state index in [0.717, 1.165) is 37.3 Å². The molecule has 8 heteroatoms. The molecule has 6 aliphatic rings. The van der Waals surface area contributed by atoms with Crippen molar-refractivity contribution in [3.05, 3.63) is 0 Å². The van der Waals surface area contributed by atoms with Gasteiger partial charge in [0, 0.05) is 31.0 Å². The van der Waals surface area contributed by atoms with Crippen LogP contribution in [0.15, 0.2) is 4.99 Å².